The first-order chi connectivity index (χ1) is 7.15. The van der Waals surface area contributed by atoms with Crippen molar-refractivity contribution in [1.82, 2.24) is 19.3 Å². The van der Waals surface area contributed by atoms with E-state index >= 15 is 0 Å². The number of imidazole rings is 1. The number of hydrogen-bond acceptors (Lipinski definition) is 3. The van der Waals surface area contributed by atoms with Crippen molar-refractivity contribution in [3.05, 3.63) is 29.5 Å². The van der Waals surface area contributed by atoms with E-state index in [2.05, 4.69) is 10.1 Å². The smallest absolute Gasteiger partial charge is 0.155 e. The Hall–Kier alpha value is -1.91. The van der Waals surface area contributed by atoms with Crippen molar-refractivity contribution >= 4 is 6.29 Å². The predicted molar refractivity (Wildman–Crippen MR) is 55.2 cm³/mol. The molecule has 2 rings (SSSR count). The summed E-state index contributed by atoms with van der Waals surface area (Å²) >= 11 is 0. The second kappa shape index (κ2) is 3.34. The molecule has 2 aromatic heterocycles. The molecule has 2 aromatic rings. The highest BCUT2D eigenvalue weighted by Gasteiger charge is 2.12. The van der Waals surface area contributed by atoms with Gasteiger partial charge in [-0.25, -0.2) is 4.98 Å². The summed E-state index contributed by atoms with van der Waals surface area (Å²) in [7, 11) is 1.80. The van der Waals surface area contributed by atoms with Crippen LogP contribution in [0.5, 0.6) is 0 Å². The Labute approximate surface area is 87.4 Å². The lowest BCUT2D eigenvalue weighted by Gasteiger charge is -2.06. The van der Waals surface area contributed by atoms with E-state index in [4.69, 9.17) is 0 Å². The monoisotopic (exact) mass is 204 g/mol. The Morgan fingerprint density at radius 2 is 2.13 bits per heavy atom. The predicted octanol–water partition coefficient (Wildman–Crippen LogP) is 1.04. The van der Waals surface area contributed by atoms with Crippen LogP contribution in [0.4, 0.5) is 0 Å². The van der Waals surface area contributed by atoms with E-state index in [1.54, 1.807) is 24.3 Å². The molecule has 0 saturated heterocycles. The quantitative estimate of drug-likeness (QED) is 0.687. The minimum Gasteiger partial charge on any atom is -0.298 e. The van der Waals surface area contributed by atoms with Crippen molar-refractivity contribution < 1.29 is 4.79 Å². The molecule has 0 spiro atoms. The van der Waals surface area contributed by atoms with Crippen LogP contribution in [0.15, 0.2) is 12.5 Å². The van der Waals surface area contributed by atoms with Crippen molar-refractivity contribution in [3.8, 4) is 5.82 Å². The molecule has 0 amide bonds. The minimum absolute atomic E-state index is 0.568. The Morgan fingerprint density at radius 1 is 1.40 bits per heavy atom. The molecule has 0 atom stereocenters. The lowest BCUT2D eigenvalue weighted by Crippen LogP contribution is -2.05. The molecule has 0 radical (unpaired) electrons. The zero-order valence-corrected chi connectivity index (χ0v) is 8.93. The Balaban J connectivity index is 2.67. The Bertz CT molecular complexity index is 509. The topological polar surface area (TPSA) is 52.7 Å². The van der Waals surface area contributed by atoms with Crippen LogP contribution in [0.1, 0.15) is 21.7 Å². The van der Waals surface area contributed by atoms with Gasteiger partial charge < -0.3 is 0 Å². The van der Waals surface area contributed by atoms with Gasteiger partial charge in [0.15, 0.2) is 6.29 Å². The lowest BCUT2D eigenvalue weighted by atomic mass is 10.3. The van der Waals surface area contributed by atoms with Crippen LogP contribution in [0.3, 0.4) is 0 Å². The molecular weight excluding hydrogens is 192 g/mol. The molecule has 15 heavy (non-hydrogen) atoms. The fourth-order valence-electron chi connectivity index (χ4n) is 1.54. The van der Waals surface area contributed by atoms with E-state index in [1.165, 1.54) is 0 Å². The van der Waals surface area contributed by atoms with Gasteiger partial charge >= 0.3 is 0 Å². The maximum atomic E-state index is 10.8. The molecule has 0 unspecified atom stereocenters. The van der Waals surface area contributed by atoms with Crippen LogP contribution in [-0.2, 0) is 7.05 Å². The summed E-state index contributed by atoms with van der Waals surface area (Å²) in [5, 5.41) is 4.05. The van der Waals surface area contributed by atoms with Crippen LogP contribution < -0.4 is 0 Å². The largest absolute Gasteiger partial charge is 0.298 e. The molecule has 0 N–H and O–H groups in total. The number of carbonyl (C=O) groups excluding carboxylic acids is 1. The van der Waals surface area contributed by atoms with Crippen molar-refractivity contribution in [1.29, 1.82) is 0 Å². The first-order valence-electron chi connectivity index (χ1n) is 4.63. The third-order valence-electron chi connectivity index (χ3n) is 2.54. The van der Waals surface area contributed by atoms with Gasteiger partial charge in [-0.05, 0) is 13.8 Å². The summed E-state index contributed by atoms with van der Waals surface area (Å²) in [6.07, 6.45) is 4.06. The van der Waals surface area contributed by atoms with Gasteiger partial charge in [0.25, 0.3) is 0 Å². The molecule has 0 aliphatic heterocycles. The summed E-state index contributed by atoms with van der Waals surface area (Å²) in [5.74, 6) is 0.753. The number of aromatic nitrogens is 4. The van der Waals surface area contributed by atoms with E-state index in [0.29, 0.717) is 5.56 Å². The highest BCUT2D eigenvalue weighted by molar-refractivity contribution is 5.79. The SMILES string of the molecule is Cc1ncn(-c2c(C=O)cnn2C)c1C. The molecule has 0 aliphatic rings. The Kier molecular flexibility index (Phi) is 2.15. The van der Waals surface area contributed by atoms with E-state index in [0.717, 1.165) is 23.5 Å². The van der Waals surface area contributed by atoms with Crippen LogP contribution >= 0.6 is 0 Å². The maximum absolute atomic E-state index is 10.8. The van der Waals surface area contributed by atoms with Gasteiger partial charge in [0.2, 0.25) is 0 Å². The molecule has 0 saturated carbocycles. The fourth-order valence-corrected chi connectivity index (χ4v) is 1.54. The van der Waals surface area contributed by atoms with E-state index < -0.39 is 0 Å². The van der Waals surface area contributed by atoms with Crippen LogP contribution in [0.2, 0.25) is 0 Å². The highest BCUT2D eigenvalue weighted by atomic mass is 16.1. The zero-order chi connectivity index (χ0) is 11.0. The lowest BCUT2D eigenvalue weighted by molar-refractivity contribution is 0.112. The molecule has 78 valence electrons. The van der Waals surface area contributed by atoms with Gasteiger partial charge in [0.05, 0.1) is 17.5 Å². The second-order valence-electron chi connectivity index (χ2n) is 3.45. The summed E-state index contributed by atoms with van der Waals surface area (Å²) < 4.78 is 3.53. The van der Waals surface area contributed by atoms with E-state index in [9.17, 15) is 4.79 Å². The van der Waals surface area contributed by atoms with E-state index in [1.807, 2.05) is 18.4 Å². The van der Waals surface area contributed by atoms with Gasteiger partial charge in [-0.3, -0.25) is 14.0 Å². The first kappa shape index (κ1) is 9.64. The number of nitrogens with zero attached hydrogens (tertiary/aromatic N) is 4. The van der Waals surface area contributed by atoms with Gasteiger partial charge in [-0.15, -0.1) is 0 Å². The molecule has 5 nitrogen and oxygen atoms in total. The van der Waals surface area contributed by atoms with Gasteiger partial charge in [0, 0.05) is 12.7 Å². The normalized spacial score (nSPS) is 10.6. The van der Waals surface area contributed by atoms with Crippen molar-refractivity contribution in [2.45, 2.75) is 13.8 Å². The van der Waals surface area contributed by atoms with Crippen molar-refractivity contribution in [2.24, 2.45) is 7.05 Å². The van der Waals surface area contributed by atoms with Gasteiger partial charge in [-0.1, -0.05) is 0 Å². The number of aryl methyl sites for hydroxylation is 2. The minimum atomic E-state index is 0.568. The number of rotatable bonds is 2. The maximum Gasteiger partial charge on any atom is 0.155 e. The van der Waals surface area contributed by atoms with Gasteiger partial charge in [0.1, 0.15) is 12.1 Å². The fraction of sp³-hybridized carbons (Fsp3) is 0.300. The average Bonchev–Trinajstić information content (AvgIpc) is 2.73. The Morgan fingerprint density at radius 3 is 2.67 bits per heavy atom. The molecule has 5 heteroatoms. The van der Waals surface area contributed by atoms with Crippen LogP contribution in [0, 0.1) is 13.8 Å². The van der Waals surface area contributed by atoms with Crippen LogP contribution in [-0.4, -0.2) is 25.6 Å². The third-order valence-corrected chi connectivity index (χ3v) is 2.54. The summed E-state index contributed by atoms with van der Waals surface area (Å²) in [6.45, 7) is 3.90. The van der Waals surface area contributed by atoms with Gasteiger partial charge in [-0.2, -0.15) is 5.10 Å². The molecular formula is C10H12N4O. The second-order valence-corrected chi connectivity index (χ2v) is 3.45. The van der Waals surface area contributed by atoms with Crippen LogP contribution in [0.25, 0.3) is 5.82 Å². The number of carbonyl (C=O) groups is 1. The molecule has 0 aliphatic carbocycles. The number of aldehydes is 1. The molecule has 0 fully saturated rings. The average molecular weight is 204 g/mol. The zero-order valence-electron chi connectivity index (χ0n) is 8.93. The summed E-state index contributed by atoms with van der Waals surface area (Å²) in [6, 6.07) is 0. The molecule has 2 heterocycles. The summed E-state index contributed by atoms with van der Waals surface area (Å²) in [4.78, 5) is 15.0. The van der Waals surface area contributed by atoms with Crippen molar-refractivity contribution in [3.63, 3.8) is 0 Å². The number of hydrogen-bond donors (Lipinski definition) is 0. The van der Waals surface area contributed by atoms with Crippen molar-refractivity contribution in [2.75, 3.05) is 0 Å². The summed E-state index contributed by atoms with van der Waals surface area (Å²) in [5.41, 5.74) is 2.53. The third kappa shape index (κ3) is 1.36. The molecule has 0 aromatic carbocycles. The van der Waals surface area contributed by atoms with E-state index in [-0.39, 0.29) is 0 Å². The highest BCUT2D eigenvalue weighted by Crippen LogP contribution is 2.15. The standard InChI is InChI=1S/C10H12N4O/c1-7-8(2)14(6-11-7)10-9(5-15)4-12-13(10)3/h4-6H,1-3H3. The first-order valence-corrected chi connectivity index (χ1v) is 4.63. The molecule has 0 bridgehead atoms.